The molecule has 2 aromatic rings. The average molecular weight is 395 g/mol. The molecule has 0 fully saturated rings. The van der Waals surface area contributed by atoms with E-state index >= 15 is 0 Å². The topological polar surface area (TPSA) is 75.7 Å². The zero-order chi connectivity index (χ0) is 18.9. The molecular formula is C18H19ClN2O4S. The Kier molecular flexibility index (Phi) is 5.11. The number of aryl methyl sites for hydroxylation is 1. The van der Waals surface area contributed by atoms with Crippen LogP contribution in [0.25, 0.3) is 0 Å². The van der Waals surface area contributed by atoms with Crippen molar-refractivity contribution in [3.05, 3.63) is 53.1 Å². The molecule has 6 nitrogen and oxygen atoms in total. The summed E-state index contributed by atoms with van der Waals surface area (Å²) in [5, 5.41) is 3.05. The van der Waals surface area contributed by atoms with E-state index in [-0.39, 0.29) is 17.3 Å². The summed E-state index contributed by atoms with van der Waals surface area (Å²) in [5.41, 5.74) is 1.27. The molecule has 0 spiro atoms. The van der Waals surface area contributed by atoms with Crippen LogP contribution in [-0.2, 0) is 14.8 Å². The number of anilines is 1. The van der Waals surface area contributed by atoms with E-state index in [2.05, 4.69) is 5.32 Å². The van der Waals surface area contributed by atoms with Gasteiger partial charge in [-0.05, 0) is 44.2 Å². The van der Waals surface area contributed by atoms with E-state index in [9.17, 15) is 13.2 Å². The fourth-order valence-electron chi connectivity index (χ4n) is 2.71. The van der Waals surface area contributed by atoms with Crippen LogP contribution in [0.4, 0.5) is 5.69 Å². The fourth-order valence-corrected chi connectivity index (χ4v) is 4.35. The number of fused-ring (bicyclic) bond motifs is 1. The van der Waals surface area contributed by atoms with Gasteiger partial charge in [-0.1, -0.05) is 29.3 Å². The van der Waals surface area contributed by atoms with E-state index in [1.807, 2.05) is 6.92 Å². The minimum Gasteiger partial charge on any atom is -0.476 e. The summed E-state index contributed by atoms with van der Waals surface area (Å²) in [6.45, 7) is 3.97. The van der Waals surface area contributed by atoms with Crippen molar-refractivity contribution in [1.29, 1.82) is 0 Å². The third kappa shape index (κ3) is 3.50. The number of halogens is 1. The molecule has 0 saturated carbocycles. The second kappa shape index (κ2) is 7.17. The maximum atomic E-state index is 13.2. The molecule has 1 N–H and O–H groups in total. The van der Waals surface area contributed by atoms with E-state index in [4.69, 9.17) is 16.3 Å². The van der Waals surface area contributed by atoms with Crippen LogP contribution >= 0.6 is 11.6 Å². The monoisotopic (exact) mass is 394 g/mol. The van der Waals surface area contributed by atoms with Gasteiger partial charge in [-0.2, -0.15) is 0 Å². The highest BCUT2D eigenvalue weighted by Crippen LogP contribution is 2.38. The zero-order valence-electron chi connectivity index (χ0n) is 14.4. The molecule has 0 aromatic heterocycles. The van der Waals surface area contributed by atoms with Gasteiger partial charge in [0.15, 0.2) is 6.10 Å². The first-order valence-electron chi connectivity index (χ1n) is 8.16. The van der Waals surface area contributed by atoms with Crippen LogP contribution in [-0.4, -0.2) is 33.5 Å². The first-order valence-corrected chi connectivity index (χ1v) is 9.98. The van der Waals surface area contributed by atoms with Crippen molar-refractivity contribution >= 4 is 33.2 Å². The molecule has 138 valence electrons. The Hall–Kier alpha value is -2.25. The average Bonchev–Trinajstić information content (AvgIpc) is 2.61. The van der Waals surface area contributed by atoms with E-state index in [0.717, 1.165) is 5.56 Å². The van der Waals surface area contributed by atoms with Crippen LogP contribution in [0, 0.1) is 6.92 Å². The van der Waals surface area contributed by atoms with Crippen molar-refractivity contribution in [2.24, 2.45) is 0 Å². The molecule has 8 heteroatoms. The molecule has 26 heavy (non-hydrogen) atoms. The van der Waals surface area contributed by atoms with Crippen LogP contribution < -0.4 is 14.4 Å². The third-order valence-corrected chi connectivity index (χ3v) is 6.07. The Bertz CT molecular complexity index is 929. The summed E-state index contributed by atoms with van der Waals surface area (Å²) < 4.78 is 33.3. The summed E-state index contributed by atoms with van der Waals surface area (Å²) in [7, 11) is -3.88. The number of carbonyl (C=O) groups excluding carboxylic acids is 1. The van der Waals surface area contributed by atoms with Gasteiger partial charge in [-0.3, -0.25) is 9.10 Å². The number of sulfonamides is 1. The molecule has 1 heterocycles. The van der Waals surface area contributed by atoms with Crippen LogP contribution in [0.3, 0.4) is 0 Å². The molecule has 0 unspecified atom stereocenters. The SMILES string of the molecule is CCNC(=O)[C@H]1CN(S(=O)(=O)c2ccc(C)cc2)c2cc(Cl)ccc2O1. The second-order valence-corrected chi connectivity index (χ2v) is 8.26. The molecule has 0 radical (unpaired) electrons. The highest BCUT2D eigenvalue weighted by molar-refractivity contribution is 7.92. The van der Waals surface area contributed by atoms with Crippen molar-refractivity contribution in [3.8, 4) is 5.75 Å². The van der Waals surface area contributed by atoms with E-state index < -0.39 is 16.1 Å². The first kappa shape index (κ1) is 18.5. The van der Waals surface area contributed by atoms with Gasteiger partial charge in [-0.25, -0.2) is 8.42 Å². The molecule has 0 bridgehead atoms. The summed E-state index contributed by atoms with van der Waals surface area (Å²) >= 11 is 6.05. The number of benzene rings is 2. The number of hydrogen-bond donors (Lipinski definition) is 1. The molecular weight excluding hydrogens is 376 g/mol. The lowest BCUT2D eigenvalue weighted by Crippen LogP contribution is -2.50. The van der Waals surface area contributed by atoms with Gasteiger partial charge in [0.25, 0.3) is 15.9 Å². The minimum absolute atomic E-state index is 0.130. The molecule has 1 atom stereocenters. The van der Waals surface area contributed by atoms with E-state index in [1.54, 1.807) is 43.3 Å². The Morgan fingerprint density at radius 1 is 1.27 bits per heavy atom. The summed E-state index contributed by atoms with van der Waals surface area (Å²) in [5.74, 6) is -0.0650. The maximum absolute atomic E-state index is 13.2. The highest BCUT2D eigenvalue weighted by Gasteiger charge is 2.37. The predicted molar refractivity (Wildman–Crippen MR) is 100 cm³/mol. The number of nitrogens with zero attached hydrogens (tertiary/aromatic N) is 1. The lowest BCUT2D eigenvalue weighted by molar-refractivity contribution is -0.127. The first-order chi connectivity index (χ1) is 12.3. The summed E-state index contributed by atoms with van der Waals surface area (Å²) in [4.78, 5) is 12.4. The summed E-state index contributed by atoms with van der Waals surface area (Å²) in [6, 6.07) is 11.2. The predicted octanol–water partition coefficient (Wildman–Crippen LogP) is 2.74. The lowest BCUT2D eigenvalue weighted by Gasteiger charge is -2.34. The largest absolute Gasteiger partial charge is 0.476 e. The Morgan fingerprint density at radius 3 is 2.62 bits per heavy atom. The number of carbonyl (C=O) groups is 1. The highest BCUT2D eigenvalue weighted by atomic mass is 35.5. The Balaban J connectivity index is 2.07. The van der Waals surface area contributed by atoms with Crippen molar-refractivity contribution in [2.75, 3.05) is 17.4 Å². The van der Waals surface area contributed by atoms with Crippen LogP contribution in [0.1, 0.15) is 12.5 Å². The van der Waals surface area contributed by atoms with Gasteiger partial charge in [0.05, 0.1) is 17.1 Å². The standard InChI is InChI=1S/C18H19ClN2O4S/c1-3-20-18(22)17-11-21(15-10-13(19)6-9-16(15)25-17)26(23,24)14-7-4-12(2)5-8-14/h4-10,17H,3,11H2,1-2H3,(H,20,22)/t17-/m1/s1. The number of ether oxygens (including phenoxy) is 1. The van der Waals surface area contributed by atoms with Crippen molar-refractivity contribution in [2.45, 2.75) is 24.8 Å². The maximum Gasteiger partial charge on any atom is 0.264 e. The quantitative estimate of drug-likeness (QED) is 0.865. The number of amides is 1. The number of likely N-dealkylation sites (N-methyl/N-ethyl adjacent to an activating group) is 1. The van der Waals surface area contributed by atoms with Gasteiger partial charge >= 0.3 is 0 Å². The van der Waals surface area contributed by atoms with Crippen LogP contribution in [0.5, 0.6) is 5.75 Å². The number of rotatable bonds is 4. The van der Waals surface area contributed by atoms with Gasteiger partial charge in [0.2, 0.25) is 0 Å². The third-order valence-electron chi connectivity index (χ3n) is 4.04. The molecule has 1 aliphatic heterocycles. The fraction of sp³-hybridized carbons (Fsp3) is 0.278. The van der Waals surface area contributed by atoms with Gasteiger partial charge in [0.1, 0.15) is 5.75 Å². The molecule has 0 aliphatic carbocycles. The van der Waals surface area contributed by atoms with Gasteiger partial charge in [0, 0.05) is 11.6 Å². The van der Waals surface area contributed by atoms with Crippen molar-refractivity contribution < 1.29 is 17.9 Å². The molecule has 0 saturated heterocycles. The summed E-state index contributed by atoms with van der Waals surface area (Å²) in [6.07, 6.45) is -0.941. The number of nitrogens with one attached hydrogen (secondary N) is 1. The van der Waals surface area contributed by atoms with Crippen molar-refractivity contribution in [1.82, 2.24) is 5.32 Å². The van der Waals surface area contributed by atoms with Crippen LogP contribution in [0.2, 0.25) is 5.02 Å². The van der Waals surface area contributed by atoms with E-state index in [0.29, 0.717) is 23.0 Å². The van der Waals surface area contributed by atoms with Gasteiger partial charge < -0.3 is 10.1 Å². The Morgan fingerprint density at radius 2 is 1.96 bits per heavy atom. The molecule has 3 rings (SSSR count). The van der Waals surface area contributed by atoms with Gasteiger partial charge in [-0.15, -0.1) is 0 Å². The zero-order valence-corrected chi connectivity index (χ0v) is 16.0. The molecule has 1 aliphatic rings. The molecule has 1 amide bonds. The normalized spacial score (nSPS) is 16.6. The van der Waals surface area contributed by atoms with Crippen LogP contribution in [0.15, 0.2) is 47.4 Å². The van der Waals surface area contributed by atoms with Crippen molar-refractivity contribution in [3.63, 3.8) is 0 Å². The molecule has 2 aromatic carbocycles. The Labute approximate surface area is 157 Å². The minimum atomic E-state index is -3.88. The second-order valence-electron chi connectivity index (χ2n) is 5.96. The lowest BCUT2D eigenvalue weighted by atomic mass is 10.2. The van der Waals surface area contributed by atoms with E-state index in [1.165, 1.54) is 10.4 Å². The smallest absolute Gasteiger partial charge is 0.264 e. The number of hydrogen-bond acceptors (Lipinski definition) is 4.